The molecule has 2 rings (SSSR count). The average molecular weight is 408 g/mol. The predicted octanol–water partition coefficient (Wildman–Crippen LogP) is 2.49. The van der Waals surface area contributed by atoms with Crippen LogP contribution in [0.1, 0.15) is 18.9 Å². The molecule has 0 fully saturated rings. The highest BCUT2D eigenvalue weighted by molar-refractivity contribution is 7.89. The van der Waals surface area contributed by atoms with Crippen molar-refractivity contribution >= 4 is 27.1 Å². The highest BCUT2D eigenvalue weighted by atomic mass is 32.2. The van der Waals surface area contributed by atoms with Crippen molar-refractivity contribution in [2.45, 2.75) is 18.2 Å². The van der Waals surface area contributed by atoms with Gasteiger partial charge in [-0.3, -0.25) is 15.5 Å². The summed E-state index contributed by atoms with van der Waals surface area (Å²) in [5.74, 6) is 1.08. The predicted molar refractivity (Wildman–Crippen MR) is 104 cm³/mol. The van der Waals surface area contributed by atoms with E-state index >= 15 is 0 Å². The van der Waals surface area contributed by atoms with Crippen molar-refractivity contribution in [3.63, 3.8) is 0 Å². The van der Waals surface area contributed by atoms with E-state index in [4.69, 9.17) is 14.6 Å². The fourth-order valence-corrected chi connectivity index (χ4v) is 2.96. The number of primary sulfonamides is 1. The van der Waals surface area contributed by atoms with Crippen molar-refractivity contribution in [3.8, 4) is 11.5 Å². The first-order chi connectivity index (χ1) is 13.2. The van der Waals surface area contributed by atoms with E-state index in [-0.39, 0.29) is 10.6 Å². The third-order valence-corrected chi connectivity index (χ3v) is 4.77. The zero-order valence-corrected chi connectivity index (χ0v) is 16.3. The number of rotatable bonds is 8. The molecule has 0 spiro atoms. The first-order valence-corrected chi connectivity index (χ1v) is 9.62. The first kappa shape index (κ1) is 21.1. The molecule has 0 aliphatic heterocycles. The van der Waals surface area contributed by atoms with Crippen molar-refractivity contribution < 1.29 is 22.8 Å². The lowest BCUT2D eigenvalue weighted by Crippen LogP contribution is -2.12. The third-order valence-electron chi connectivity index (χ3n) is 3.86. The van der Waals surface area contributed by atoms with Crippen LogP contribution < -0.4 is 20.0 Å². The van der Waals surface area contributed by atoms with E-state index < -0.39 is 20.6 Å². The molecule has 150 valence electrons. The van der Waals surface area contributed by atoms with Gasteiger partial charge in [-0.05, 0) is 36.8 Å². The van der Waals surface area contributed by atoms with Gasteiger partial charge in [0.25, 0.3) is 5.69 Å². The Bertz CT molecular complexity index is 1020. The van der Waals surface area contributed by atoms with E-state index in [1.165, 1.54) is 26.4 Å². The number of ether oxygens (including phenoxy) is 2. The number of nitrogens with zero attached hydrogens (tertiary/aromatic N) is 2. The Kier molecular flexibility index (Phi) is 6.54. The molecule has 10 nitrogen and oxygen atoms in total. The van der Waals surface area contributed by atoms with Gasteiger partial charge in [-0.15, -0.1) is 0 Å². The molecule has 3 N–H and O–H groups in total. The molecule has 11 heteroatoms. The Morgan fingerprint density at radius 1 is 1.18 bits per heavy atom. The molecule has 28 heavy (non-hydrogen) atoms. The number of nitro benzene ring substituents is 1. The second-order valence-electron chi connectivity index (χ2n) is 5.57. The minimum atomic E-state index is -4.06. The Labute approximate surface area is 162 Å². The van der Waals surface area contributed by atoms with Crippen LogP contribution in [-0.2, 0) is 10.0 Å². The van der Waals surface area contributed by atoms with Gasteiger partial charge < -0.3 is 9.47 Å². The van der Waals surface area contributed by atoms with E-state index in [9.17, 15) is 18.5 Å². The highest BCUT2D eigenvalue weighted by Crippen LogP contribution is 2.29. The lowest BCUT2D eigenvalue weighted by atomic mass is 10.1. The van der Waals surface area contributed by atoms with Gasteiger partial charge in [-0.1, -0.05) is 6.92 Å². The Balaban J connectivity index is 2.41. The Morgan fingerprint density at radius 2 is 1.86 bits per heavy atom. The maximum Gasteiger partial charge on any atom is 0.295 e. The molecule has 0 radical (unpaired) electrons. The molecule has 0 amide bonds. The molecular weight excluding hydrogens is 388 g/mol. The Morgan fingerprint density at radius 3 is 2.39 bits per heavy atom. The van der Waals surface area contributed by atoms with E-state index in [0.29, 0.717) is 23.6 Å². The number of anilines is 1. The fraction of sp³-hybridized carbons (Fsp3) is 0.235. The molecule has 2 aromatic carbocycles. The van der Waals surface area contributed by atoms with Crippen LogP contribution in [-0.4, -0.2) is 33.3 Å². The number of nitrogens with two attached hydrogens (primary N) is 1. The van der Waals surface area contributed by atoms with Gasteiger partial charge in [0.1, 0.15) is 5.69 Å². The van der Waals surface area contributed by atoms with Gasteiger partial charge >= 0.3 is 0 Å². The normalized spacial score (nSPS) is 11.8. The molecule has 0 aliphatic carbocycles. The molecule has 0 saturated carbocycles. The summed E-state index contributed by atoms with van der Waals surface area (Å²) in [5.41, 5.74) is 3.53. The molecule has 0 aromatic heterocycles. The van der Waals surface area contributed by atoms with Gasteiger partial charge in [0.05, 0.1) is 29.8 Å². The molecule has 0 atom stereocenters. The number of benzene rings is 2. The van der Waals surface area contributed by atoms with E-state index in [2.05, 4.69) is 10.5 Å². The highest BCUT2D eigenvalue weighted by Gasteiger charge is 2.19. The Hall–Kier alpha value is -3.18. The van der Waals surface area contributed by atoms with Crippen LogP contribution in [0.25, 0.3) is 0 Å². The first-order valence-electron chi connectivity index (χ1n) is 8.07. The standard InChI is InChI=1S/C17H20N4O6S/c1-4-13(11-5-8-16(26-2)17(9-11)27-3)19-20-14-7-6-12(28(18,24)25)10-15(14)21(22)23/h5-10,20H,4H2,1-3H3,(H2,18,24,25)/b19-13+. The van der Waals surface area contributed by atoms with Crippen LogP contribution in [0.3, 0.4) is 0 Å². The molecular formula is C17H20N4O6S. The lowest BCUT2D eigenvalue weighted by Gasteiger charge is -2.11. The van der Waals surface area contributed by atoms with Crippen LogP contribution in [0, 0.1) is 10.1 Å². The molecule has 0 saturated heterocycles. The zero-order chi connectivity index (χ0) is 20.9. The smallest absolute Gasteiger partial charge is 0.295 e. The maximum absolute atomic E-state index is 11.4. The molecule has 0 heterocycles. The third kappa shape index (κ3) is 4.75. The van der Waals surface area contributed by atoms with Crippen molar-refractivity contribution in [2.75, 3.05) is 19.6 Å². The number of hydrogen-bond donors (Lipinski definition) is 2. The number of sulfonamides is 1. The fourth-order valence-electron chi connectivity index (χ4n) is 2.43. The monoisotopic (exact) mass is 408 g/mol. The maximum atomic E-state index is 11.4. The van der Waals surface area contributed by atoms with Crippen molar-refractivity contribution in [3.05, 3.63) is 52.1 Å². The van der Waals surface area contributed by atoms with Gasteiger partial charge in [-0.25, -0.2) is 13.6 Å². The lowest BCUT2D eigenvalue weighted by molar-refractivity contribution is -0.384. The SMILES string of the molecule is CC/C(=N\Nc1ccc(S(N)(=O)=O)cc1[N+](=O)[O-])c1ccc(OC)c(OC)c1. The number of methoxy groups -OCH3 is 2. The summed E-state index contributed by atoms with van der Waals surface area (Å²) in [5, 5.41) is 20.6. The summed E-state index contributed by atoms with van der Waals surface area (Å²) in [6.45, 7) is 1.87. The number of nitro groups is 1. The summed E-state index contributed by atoms with van der Waals surface area (Å²) in [7, 11) is -1.02. The van der Waals surface area contributed by atoms with E-state index in [0.717, 1.165) is 11.6 Å². The van der Waals surface area contributed by atoms with Gasteiger partial charge in [0, 0.05) is 11.6 Å². The summed E-state index contributed by atoms with van der Waals surface area (Å²) in [6.07, 6.45) is 0.519. The zero-order valence-electron chi connectivity index (χ0n) is 15.5. The summed E-state index contributed by atoms with van der Waals surface area (Å²) in [4.78, 5) is 10.2. The van der Waals surface area contributed by atoms with Gasteiger partial charge in [-0.2, -0.15) is 5.10 Å². The van der Waals surface area contributed by atoms with Crippen LogP contribution in [0.15, 0.2) is 46.4 Å². The topological polar surface area (TPSA) is 146 Å². The van der Waals surface area contributed by atoms with Crippen LogP contribution in [0.2, 0.25) is 0 Å². The largest absolute Gasteiger partial charge is 0.493 e. The molecule has 0 unspecified atom stereocenters. The van der Waals surface area contributed by atoms with Gasteiger partial charge in [0.2, 0.25) is 10.0 Å². The van der Waals surface area contributed by atoms with E-state index in [1.54, 1.807) is 18.2 Å². The summed E-state index contributed by atoms with van der Waals surface area (Å²) in [6, 6.07) is 8.54. The summed E-state index contributed by atoms with van der Waals surface area (Å²) >= 11 is 0. The average Bonchev–Trinajstić information content (AvgIpc) is 2.67. The van der Waals surface area contributed by atoms with Crippen LogP contribution >= 0.6 is 0 Å². The van der Waals surface area contributed by atoms with Crippen LogP contribution in [0.5, 0.6) is 11.5 Å². The number of hydrogen-bond acceptors (Lipinski definition) is 8. The van der Waals surface area contributed by atoms with Crippen molar-refractivity contribution in [2.24, 2.45) is 10.2 Å². The number of nitrogens with one attached hydrogen (secondary N) is 1. The minimum Gasteiger partial charge on any atom is -0.493 e. The van der Waals surface area contributed by atoms with Gasteiger partial charge in [0.15, 0.2) is 11.5 Å². The molecule has 0 aliphatic rings. The second kappa shape index (κ2) is 8.67. The van der Waals surface area contributed by atoms with Crippen LogP contribution in [0.4, 0.5) is 11.4 Å². The summed E-state index contributed by atoms with van der Waals surface area (Å²) < 4.78 is 33.3. The minimum absolute atomic E-state index is 0.0313. The molecule has 0 bridgehead atoms. The molecule has 2 aromatic rings. The number of hydrazone groups is 1. The van der Waals surface area contributed by atoms with Crippen molar-refractivity contribution in [1.29, 1.82) is 0 Å². The second-order valence-corrected chi connectivity index (χ2v) is 7.14. The quantitative estimate of drug-likeness (QED) is 0.387. The van der Waals surface area contributed by atoms with Crippen molar-refractivity contribution in [1.82, 2.24) is 0 Å². The van der Waals surface area contributed by atoms with E-state index in [1.807, 2.05) is 6.92 Å².